The number of nitrogens with one attached hydrogen (secondary N) is 1. The van der Waals surface area contributed by atoms with Crippen LogP contribution in [0, 0.1) is 19.8 Å². The van der Waals surface area contributed by atoms with Crippen molar-refractivity contribution in [3.05, 3.63) is 94.3 Å². The minimum absolute atomic E-state index is 0.0749. The molecule has 1 N–H and O–H groups in total. The maximum Gasteiger partial charge on any atom is 0.254 e. The van der Waals surface area contributed by atoms with E-state index < -0.39 is 12.0 Å². The number of fused-ring (bicyclic) bond motifs is 1. The Morgan fingerprint density at radius 1 is 1.08 bits per heavy atom. The first-order valence-corrected chi connectivity index (χ1v) is 12.3. The standard InChI is InChI=1S/C29H33N3O3.C2H2/c1-6-10-22-19(3)31(4)18-25(22)27-26(23-11-8-9-12-24(23)29(34)32(27)5)28(33)30-17-20-13-15-21(16-14-20)35-7-2;1-2/h6,8-16,18,26-27H,7,17H2,1-5H3,(H,30,33);1-2H/b10-6-;. The average molecular weight is 498 g/mol. The third kappa shape index (κ3) is 5.46. The van der Waals surface area contributed by atoms with Gasteiger partial charge < -0.3 is 19.5 Å². The molecule has 4 rings (SSSR count). The van der Waals surface area contributed by atoms with Gasteiger partial charge in [-0.25, -0.2) is 0 Å². The van der Waals surface area contributed by atoms with E-state index in [9.17, 15) is 9.59 Å². The molecule has 0 radical (unpaired) electrons. The van der Waals surface area contributed by atoms with Crippen molar-refractivity contribution in [3.8, 4) is 18.6 Å². The van der Waals surface area contributed by atoms with Gasteiger partial charge >= 0.3 is 0 Å². The molecule has 1 aromatic heterocycles. The average Bonchev–Trinajstić information content (AvgIpc) is 3.19. The Morgan fingerprint density at radius 2 is 1.76 bits per heavy atom. The van der Waals surface area contributed by atoms with Crippen LogP contribution in [0.5, 0.6) is 5.75 Å². The SMILES string of the molecule is C#C.C/C=C\c1c(C2C(C(=O)NCc3ccc(OCC)cc3)c3ccccc3C(=O)N2C)cn(C)c1C. The molecule has 6 heteroatoms. The molecule has 0 aliphatic carbocycles. The quantitative estimate of drug-likeness (QED) is 0.454. The van der Waals surface area contributed by atoms with E-state index in [1.807, 2.05) is 75.6 Å². The minimum Gasteiger partial charge on any atom is -0.494 e. The number of hydrogen-bond acceptors (Lipinski definition) is 3. The Morgan fingerprint density at radius 3 is 2.41 bits per heavy atom. The lowest BCUT2D eigenvalue weighted by molar-refractivity contribution is -0.124. The molecule has 1 aliphatic rings. The molecule has 192 valence electrons. The van der Waals surface area contributed by atoms with E-state index in [1.165, 1.54) is 0 Å². The number of allylic oxidation sites excluding steroid dienone is 1. The van der Waals surface area contributed by atoms with Crippen molar-refractivity contribution in [1.29, 1.82) is 0 Å². The van der Waals surface area contributed by atoms with Crippen LogP contribution in [-0.2, 0) is 18.4 Å². The number of rotatable bonds is 7. The summed E-state index contributed by atoms with van der Waals surface area (Å²) in [5.74, 6) is 0.0834. The highest BCUT2D eigenvalue weighted by atomic mass is 16.5. The lowest BCUT2D eigenvalue weighted by Gasteiger charge is -2.39. The van der Waals surface area contributed by atoms with Gasteiger partial charge in [-0.2, -0.15) is 0 Å². The molecule has 2 aromatic carbocycles. The summed E-state index contributed by atoms with van der Waals surface area (Å²) in [4.78, 5) is 28.9. The molecule has 6 nitrogen and oxygen atoms in total. The number of likely N-dealkylation sites (N-methyl/N-ethyl adjacent to an activating group) is 1. The first kappa shape index (κ1) is 27.3. The van der Waals surface area contributed by atoms with Gasteiger partial charge in [-0.3, -0.25) is 9.59 Å². The van der Waals surface area contributed by atoms with Gasteiger partial charge in [-0.05, 0) is 50.1 Å². The molecule has 2 unspecified atom stereocenters. The number of aromatic nitrogens is 1. The fourth-order valence-electron chi connectivity index (χ4n) is 4.91. The Bertz CT molecular complexity index is 1300. The zero-order valence-corrected chi connectivity index (χ0v) is 22.2. The van der Waals surface area contributed by atoms with Gasteiger partial charge in [0.15, 0.2) is 0 Å². The lowest BCUT2D eigenvalue weighted by Crippen LogP contribution is -2.45. The van der Waals surface area contributed by atoms with Crippen molar-refractivity contribution in [3.63, 3.8) is 0 Å². The van der Waals surface area contributed by atoms with Crippen LogP contribution in [0.2, 0.25) is 0 Å². The highest BCUT2D eigenvalue weighted by Gasteiger charge is 2.43. The van der Waals surface area contributed by atoms with Crippen molar-refractivity contribution in [2.24, 2.45) is 7.05 Å². The number of nitrogens with zero attached hydrogens (tertiary/aromatic N) is 2. The molecule has 0 saturated carbocycles. The van der Waals surface area contributed by atoms with E-state index in [0.717, 1.165) is 33.7 Å². The second-order valence-electron chi connectivity index (χ2n) is 8.92. The Labute approximate surface area is 219 Å². The highest BCUT2D eigenvalue weighted by Crippen LogP contribution is 2.44. The monoisotopic (exact) mass is 497 g/mol. The van der Waals surface area contributed by atoms with Crippen molar-refractivity contribution in [2.45, 2.75) is 39.3 Å². The third-order valence-electron chi connectivity index (χ3n) is 6.78. The summed E-state index contributed by atoms with van der Waals surface area (Å²) in [5, 5.41) is 3.13. The van der Waals surface area contributed by atoms with Crippen molar-refractivity contribution >= 4 is 17.9 Å². The van der Waals surface area contributed by atoms with Crippen molar-refractivity contribution < 1.29 is 14.3 Å². The van der Waals surface area contributed by atoms with Crippen LogP contribution in [0.4, 0.5) is 0 Å². The normalized spacial score (nSPS) is 16.6. The third-order valence-corrected chi connectivity index (χ3v) is 6.78. The molecular formula is C31H35N3O3. The molecule has 2 atom stereocenters. The van der Waals surface area contributed by atoms with Gasteiger partial charge in [0.1, 0.15) is 5.75 Å². The zero-order chi connectivity index (χ0) is 27.1. The molecule has 0 saturated heterocycles. The number of terminal acetylenes is 1. The van der Waals surface area contributed by atoms with Crippen LogP contribution in [0.15, 0.2) is 60.8 Å². The molecular weight excluding hydrogens is 462 g/mol. The van der Waals surface area contributed by atoms with Gasteiger partial charge in [0, 0.05) is 49.2 Å². The van der Waals surface area contributed by atoms with Gasteiger partial charge in [0.05, 0.1) is 18.6 Å². The van der Waals surface area contributed by atoms with E-state index in [-0.39, 0.29) is 11.8 Å². The van der Waals surface area contributed by atoms with E-state index in [4.69, 9.17) is 4.74 Å². The van der Waals surface area contributed by atoms with Crippen LogP contribution in [-0.4, -0.2) is 34.9 Å². The van der Waals surface area contributed by atoms with Crippen LogP contribution < -0.4 is 10.1 Å². The first-order valence-electron chi connectivity index (χ1n) is 12.3. The van der Waals surface area contributed by atoms with E-state index in [0.29, 0.717) is 18.7 Å². The topological polar surface area (TPSA) is 63.6 Å². The van der Waals surface area contributed by atoms with E-state index >= 15 is 0 Å². The number of ether oxygens (including phenoxy) is 1. The molecule has 0 bridgehead atoms. The van der Waals surface area contributed by atoms with E-state index in [2.05, 4.69) is 35.7 Å². The summed E-state index contributed by atoms with van der Waals surface area (Å²) in [7, 11) is 3.78. The van der Waals surface area contributed by atoms with Gasteiger partial charge in [0.2, 0.25) is 5.91 Å². The number of carbonyl (C=O) groups is 2. The number of hydrogen-bond donors (Lipinski definition) is 1. The second-order valence-corrected chi connectivity index (χ2v) is 8.92. The number of benzene rings is 2. The van der Waals surface area contributed by atoms with Crippen LogP contribution in [0.25, 0.3) is 6.08 Å². The fraction of sp³-hybridized carbons (Fsp3) is 0.290. The number of carbonyl (C=O) groups excluding carboxylic acids is 2. The summed E-state index contributed by atoms with van der Waals surface area (Å²) < 4.78 is 7.57. The van der Waals surface area contributed by atoms with E-state index in [1.54, 1.807) is 18.0 Å². The smallest absolute Gasteiger partial charge is 0.254 e. The molecule has 2 amide bonds. The van der Waals surface area contributed by atoms with Gasteiger partial charge in [-0.15, -0.1) is 12.8 Å². The van der Waals surface area contributed by atoms with Crippen LogP contribution >= 0.6 is 0 Å². The maximum atomic E-state index is 13.8. The Balaban J connectivity index is 0.00000186. The molecule has 1 aliphatic heterocycles. The van der Waals surface area contributed by atoms with Crippen molar-refractivity contribution in [2.75, 3.05) is 13.7 Å². The summed E-state index contributed by atoms with van der Waals surface area (Å²) in [6.07, 6.45) is 14.1. The molecule has 3 aromatic rings. The summed E-state index contributed by atoms with van der Waals surface area (Å²) in [5.41, 5.74) is 5.42. The fourth-order valence-corrected chi connectivity index (χ4v) is 4.91. The number of aryl methyl sites for hydroxylation is 1. The van der Waals surface area contributed by atoms with Crippen LogP contribution in [0.1, 0.15) is 64.1 Å². The minimum atomic E-state index is -0.539. The van der Waals surface area contributed by atoms with Gasteiger partial charge in [0.25, 0.3) is 5.91 Å². The Kier molecular flexibility index (Phi) is 8.97. The van der Waals surface area contributed by atoms with Crippen LogP contribution in [0.3, 0.4) is 0 Å². The predicted octanol–water partition coefficient (Wildman–Crippen LogP) is 5.24. The molecule has 0 spiro atoms. The molecule has 37 heavy (non-hydrogen) atoms. The lowest BCUT2D eigenvalue weighted by atomic mass is 9.79. The highest BCUT2D eigenvalue weighted by molar-refractivity contribution is 6.01. The Hall–Kier alpha value is -4.24. The van der Waals surface area contributed by atoms with Crippen molar-refractivity contribution in [1.82, 2.24) is 14.8 Å². The molecule has 2 heterocycles. The number of amides is 2. The molecule has 0 fully saturated rings. The zero-order valence-electron chi connectivity index (χ0n) is 22.2. The summed E-state index contributed by atoms with van der Waals surface area (Å²) >= 11 is 0. The predicted molar refractivity (Wildman–Crippen MR) is 148 cm³/mol. The first-order chi connectivity index (χ1) is 17.9. The maximum absolute atomic E-state index is 13.8. The van der Waals surface area contributed by atoms with Gasteiger partial charge in [-0.1, -0.05) is 42.5 Å². The summed E-state index contributed by atoms with van der Waals surface area (Å²) in [6.45, 7) is 6.98. The summed E-state index contributed by atoms with van der Waals surface area (Å²) in [6, 6.07) is 14.7. The largest absolute Gasteiger partial charge is 0.494 e. The second kappa shape index (κ2) is 12.1.